The van der Waals surface area contributed by atoms with Gasteiger partial charge in [0.25, 0.3) is 0 Å². The molecule has 1 aliphatic rings. The van der Waals surface area contributed by atoms with E-state index in [1.54, 1.807) is 22.7 Å². The number of aryl methyl sites for hydroxylation is 1. The molecule has 3 rings (SSSR count). The van der Waals surface area contributed by atoms with E-state index in [1.165, 1.54) is 0 Å². The number of hydrogen-bond donors (Lipinski definition) is 1. The summed E-state index contributed by atoms with van der Waals surface area (Å²) in [6.45, 7) is 3.27. The fourth-order valence-corrected chi connectivity index (χ4v) is 3.15. The van der Waals surface area contributed by atoms with Crippen LogP contribution in [0.3, 0.4) is 0 Å². The first-order valence-corrected chi connectivity index (χ1v) is 8.61. The third kappa shape index (κ3) is 4.78. The number of halogens is 3. The molecule has 1 fully saturated rings. The van der Waals surface area contributed by atoms with Gasteiger partial charge in [-0.25, -0.2) is 0 Å². The van der Waals surface area contributed by atoms with Crippen molar-refractivity contribution in [2.75, 3.05) is 19.7 Å². The highest BCUT2D eigenvalue weighted by molar-refractivity contribution is 9.10. The van der Waals surface area contributed by atoms with E-state index in [0.29, 0.717) is 19.7 Å². The lowest BCUT2D eigenvalue weighted by atomic mass is 9.91. The number of carbonyl (C=O) groups excluding carboxylic acids is 1. The Hall–Kier alpha value is -1.12. The van der Waals surface area contributed by atoms with Crippen molar-refractivity contribution < 1.29 is 9.53 Å². The van der Waals surface area contributed by atoms with Crippen LogP contribution in [0.1, 0.15) is 24.2 Å². The van der Waals surface area contributed by atoms with Gasteiger partial charge in [0.2, 0.25) is 5.91 Å². The van der Waals surface area contributed by atoms with Gasteiger partial charge < -0.3 is 15.4 Å². The normalized spacial score (nSPS) is 19.1. The summed E-state index contributed by atoms with van der Waals surface area (Å²) < 4.78 is 8.48. The van der Waals surface area contributed by atoms with Gasteiger partial charge in [0.1, 0.15) is 11.6 Å². The number of nitrogens with zero attached hydrogens (tertiary/aromatic N) is 3. The SMILES string of the molecule is Cl.Cl.Cn1cc(C2CN(C(=O)C(C)(N)c3ccc(Br)cc3)CCO2)cn1. The van der Waals surface area contributed by atoms with Crippen molar-refractivity contribution in [1.29, 1.82) is 0 Å². The van der Waals surface area contributed by atoms with Crippen LogP contribution in [0.2, 0.25) is 0 Å². The quantitative estimate of drug-likeness (QED) is 0.756. The molecule has 1 saturated heterocycles. The molecule has 0 aliphatic carbocycles. The van der Waals surface area contributed by atoms with Crippen molar-refractivity contribution in [2.45, 2.75) is 18.6 Å². The molecule has 6 nitrogen and oxygen atoms in total. The van der Waals surface area contributed by atoms with E-state index < -0.39 is 5.54 Å². The summed E-state index contributed by atoms with van der Waals surface area (Å²) in [6, 6.07) is 7.54. The Kier molecular flexibility index (Phi) is 8.10. The van der Waals surface area contributed by atoms with E-state index in [1.807, 2.05) is 37.5 Å². The summed E-state index contributed by atoms with van der Waals surface area (Å²) in [5.74, 6) is -0.0954. The van der Waals surface area contributed by atoms with Crippen LogP contribution in [0.4, 0.5) is 0 Å². The van der Waals surface area contributed by atoms with E-state index in [2.05, 4.69) is 21.0 Å². The van der Waals surface area contributed by atoms with Gasteiger partial charge in [-0.15, -0.1) is 24.8 Å². The molecule has 2 atom stereocenters. The minimum absolute atomic E-state index is 0. The smallest absolute Gasteiger partial charge is 0.247 e. The number of morpholine rings is 1. The number of benzene rings is 1. The van der Waals surface area contributed by atoms with E-state index in [9.17, 15) is 4.79 Å². The Morgan fingerprint density at radius 2 is 2.00 bits per heavy atom. The molecule has 0 radical (unpaired) electrons. The number of hydrogen-bond acceptors (Lipinski definition) is 4. The molecule has 2 unspecified atom stereocenters. The van der Waals surface area contributed by atoms with Crippen LogP contribution in [0.5, 0.6) is 0 Å². The Labute approximate surface area is 174 Å². The Morgan fingerprint density at radius 1 is 1.35 bits per heavy atom. The first-order valence-electron chi connectivity index (χ1n) is 7.82. The van der Waals surface area contributed by atoms with E-state index in [-0.39, 0.29) is 36.8 Å². The summed E-state index contributed by atoms with van der Waals surface area (Å²) in [5.41, 5.74) is 7.08. The zero-order chi connectivity index (χ0) is 17.3. The third-order valence-corrected chi connectivity index (χ3v) is 4.87. The number of rotatable bonds is 3. The zero-order valence-corrected chi connectivity index (χ0v) is 17.8. The van der Waals surface area contributed by atoms with Crippen LogP contribution >= 0.6 is 40.7 Å². The fourth-order valence-electron chi connectivity index (χ4n) is 2.89. The third-order valence-electron chi connectivity index (χ3n) is 4.34. The molecule has 0 spiro atoms. The predicted molar refractivity (Wildman–Crippen MR) is 109 cm³/mol. The number of nitrogens with two attached hydrogens (primary N) is 1. The monoisotopic (exact) mass is 464 g/mol. The van der Waals surface area contributed by atoms with Gasteiger partial charge >= 0.3 is 0 Å². The van der Waals surface area contributed by atoms with Crippen LogP contribution in [0.25, 0.3) is 0 Å². The highest BCUT2D eigenvalue weighted by Crippen LogP contribution is 2.27. The highest BCUT2D eigenvalue weighted by atomic mass is 79.9. The molecule has 1 aliphatic heterocycles. The largest absolute Gasteiger partial charge is 0.370 e. The first-order chi connectivity index (χ1) is 11.4. The maximum Gasteiger partial charge on any atom is 0.247 e. The molecule has 26 heavy (non-hydrogen) atoms. The zero-order valence-electron chi connectivity index (χ0n) is 14.6. The van der Waals surface area contributed by atoms with Gasteiger partial charge in [0.05, 0.1) is 19.3 Å². The summed E-state index contributed by atoms with van der Waals surface area (Å²) >= 11 is 3.40. The molecule has 0 saturated carbocycles. The maximum absolute atomic E-state index is 13.0. The van der Waals surface area contributed by atoms with Gasteiger partial charge in [-0.05, 0) is 24.6 Å². The van der Waals surface area contributed by atoms with Crippen LogP contribution in [-0.4, -0.2) is 40.3 Å². The van der Waals surface area contributed by atoms with E-state index in [4.69, 9.17) is 10.5 Å². The van der Waals surface area contributed by atoms with Crippen LogP contribution in [0, 0.1) is 0 Å². The number of aromatic nitrogens is 2. The second kappa shape index (κ2) is 9.19. The lowest BCUT2D eigenvalue weighted by Crippen LogP contribution is -2.54. The van der Waals surface area contributed by atoms with Crippen molar-refractivity contribution >= 4 is 46.7 Å². The minimum Gasteiger partial charge on any atom is -0.370 e. The first kappa shape index (κ1) is 22.9. The molecular weight excluding hydrogens is 443 g/mol. The van der Waals surface area contributed by atoms with Gasteiger partial charge in [-0.2, -0.15) is 5.10 Å². The topological polar surface area (TPSA) is 73.4 Å². The van der Waals surface area contributed by atoms with Crippen molar-refractivity contribution in [1.82, 2.24) is 14.7 Å². The van der Waals surface area contributed by atoms with Gasteiger partial charge in [-0.1, -0.05) is 28.1 Å². The predicted octanol–water partition coefficient (Wildman–Crippen LogP) is 2.80. The molecule has 2 N–H and O–H groups in total. The van der Waals surface area contributed by atoms with Crippen molar-refractivity contribution in [3.8, 4) is 0 Å². The van der Waals surface area contributed by atoms with Crippen LogP contribution in [-0.2, 0) is 22.1 Å². The lowest BCUT2D eigenvalue weighted by molar-refractivity contribution is -0.144. The highest BCUT2D eigenvalue weighted by Gasteiger charge is 2.37. The summed E-state index contributed by atoms with van der Waals surface area (Å²) in [7, 11) is 1.86. The van der Waals surface area contributed by atoms with E-state index in [0.717, 1.165) is 15.6 Å². The second-order valence-corrected chi connectivity index (χ2v) is 7.18. The Bertz CT molecular complexity index is 737. The Morgan fingerprint density at radius 3 is 2.58 bits per heavy atom. The lowest BCUT2D eigenvalue weighted by Gasteiger charge is -2.37. The van der Waals surface area contributed by atoms with Crippen LogP contribution < -0.4 is 5.73 Å². The number of amides is 1. The standard InChI is InChI=1S/C17H21BrN4O2.2ClH/c1-17(19,13-3-5-14(18)6-4-13)16(23)22-7-8-24-15(11-22)12-9-20-21(2)10-12;;/h3-6,9-10,15H,7-8,11,19H2,1-2H3;2*1H. The fraction of sp³-hybridized carbons (Fsp3) is 0.412. The molecule has 2 aromatic rings. The van der Waals surface area contributed by atoms with Crippen LogP contribution in [0.15, 0.2) is 41.1 Å². The molecule has 2 heterocycles. The molecule has 0 bridgehead atoms. The molecule has 1 aromatic heterocycles. The summed E-state index contributed by atoms with van der Waals surface area (Å²) in [6.07, 6.45) is 3.52. The van der Waals surface area contributed by atoms with Gasteiger partial charge in [0, 0.05) is 29.8 Å². The average Bonchev–Trinajstić information content (AvgIpc) is 3.01. The molecule has 144 valence electrons. The summed E-state index contributed by atoms with van der Waals surface area (Å²) in [4.78, 5) is 14.8. The number of ether oxygens (including phenoxy) is 1. The average molecular weight is 466 g/mol. The second-order valence-electron chi connectivity index (χ2n) is 6.27. The van der Waals surface area contributed by atoms with Crippen molar-refractivity contribution in [3.63, 3.8) is 0 Å². The molecule has 1 amide bonds. The maximum atomic E-state index is 13.0. The number of carbonyl (C=O) groups is 1. The van der Waals surface area contributed by atoms with Crippen molar-refractivity contribution in [2.24, 2.45) is 12.8 Å². The Balaban J connectivity index is 0.00000169. The summed E-state index contributed by atoms with van der Waals surface area (Å²) in [5, 5.41) is 4.17. The molecule has 1 aromatic carbocycles. The van der Waals surface area contributed by atoms with Gasteiger partial charge in [-0.3, -0.25) is 9.48 Å². The molecular formula is C17H23BrCl2N4O2. The molecule has 9 heteroatoms. The van der Waals surface area contributed by atoms with E-state index >= 15 is 0 Å². The minimum atomic E-state index is -1.07. The van der Waals surface area contributed by atoms with Crippen molar-refractivity contribution in [3.05, 3.63) is 52.3 Å². The van der Waals surface area contributed by atoms with Gasteiger partial charge in [0.15, 0.2) is 0 Å².